The van der Waals surface area contributed by atoms with E-state index < -0.39 is 5.60 Å². The van der Waals surface area contributed by atoms with E-state index in [0.29, 0.717) is 6.54 Å². The molecule has 1 heterocycles. The van der Waals surface area contributed by atoms with Gasteiger partial charge < -0.3 is 10.4 Å². The van der Waals surface area contributed by atoms with Crippen LogP contribution in [0.15, 0.2) is 24.3 Å². The number of carbonyl (C=O) groups is 1. The molecule has 1 amide bonds. The molecule has 116 valence electrons. The molecule has 0 aliphatic carbocycles. The summed E-state index contributed by atoms with van der Waals surface area (Å²) >= 11 is 0. The van der Waals surface area contributed by atoms with Gasteiger partial charge in [0.15, 0.2) is 0 Å². The third-order valence-electron chi connectivity index (χ3n) is 4.17. The number of rotatable bonds is 5. The van der Waals surface area contributed by atoms with Crippen molar-refractivity contribution >= 4 is 11.6 Å². The first-order valence-electron chi connectivity index (χ1n) is 7.75. The summed E-state index contributed by atoms with van der Waals surface area (Å²) in [4.78, 5) is 14.2. The van der Waals surface area contributed by atoms with E-state index in [1.807, 2.05) is 38.1 Å². The molecular weight excluding hydrogens is 264 g/mol. The molecule has 2 N–H and O–H groups in total. The summed E-state index contributed by atoms with van der Waals surface area (Å²) in [7, 11) is 0. The zero-order valence-corrected chi connectivity index (χ0v) is 13.2. The molecule has 1 aromatic rings. The van der Waals surface area contributed by atoms with Gasteiger partial charge in [0.05, 0.1) is 12.1 Å². The van der Waals surface area contributed by atoms with Crippen molar-refractivity contribution in [3.05, 3.63) is 29.8 Å². The van der Waals surface area contributed by atoms with Gasteiger partial charge in [0, 0.05) is 11.7 Å². The zero-order chi connectivity index (χ0) is 15.5. The van der Waals surface area contributed by atoms with Crippen molar-refractivity contribution in [1.29, 1.82) is 0 Å². The van der Waals surface area contributed by atoms with Gasteiger partial charge in [0.1, 0.15) is 0 Å². The van der Waals surface area contributed by atoms with E-state index in [1.165, 1.54) is 5.56 Å². The second-order valence-electron chi connectivity index (χ2n) is 6.38. The van der Waals surface area contributed by atoms with Crippen LogP contribution in [-0.4, -0.2) is 40.6 Å². The predicted octanol–water partition coefficient (Wildman–Crippen LogP) is 2.42. The van der Waals surface area contributed by atoms with Gasteiger partial charge in [0.25, 0.3) is 0 Å². The topological polar surface area (TPSA) is 52.6 Å². The third-order valence-corrected chi connectivity index (χ3v) is 4.17. The summed E-state index contributed by atoms with van der Waals surface area (Å²) in [5, 5.41) is 13.1. The lowest BCUT2D eigenvalue weighted by atomic mass is 9.97. The van der Waals surface area contributed by atoms with Crippen molar-refractivity contribution in [2.24, 2.45) is 0 Å². The molecule has 0 spiro atoms. The molecule has 4 nitrogen and oxygen atoms in total. The Morgan fingerprint density at radius 1 is 1.38 bits per heavy atom. The van der Waals surface area contributed by atoms with E-state index in [-0.39, 0.29) is 11.9 Å². The van der Waals surface area contributed by atoms with Crippen LogP contribution >= 0.6 is 0 Å². The van der Waals surface area contributed by atoms with E-state index in [9.17, 15) is 9.90 Å². The van der Waals surface area contributed by atoms with Crippen LogP contribution in [0, 0.1) is 0 Å². The summed E-state index contributed by atoms with van der Waals surface area (Å²) in [5.41, 5.74) is 1.32. The molecule has 1 unspecified atom stereocenters. The lowest BCUT2D eigenvalue weighted by molar-refractivity contribution is -0.118. The minimum atomic E-state index is -0.764. The molecule has 0 bridgehead atoms. The Kier molecular flexibility index (Phi) is 5.01. The van der Waals surface area contributed by atoms with Crippen molar-refractivity contribution < 1.29 is 9.90 Å². The van der Waals surface area contributed by atoms with Crippen molar-refractivity contribution in [2.45, 2.75) is 51.7 Å². The number of anilines is 1. The predicted molar refractivity (Wildman–Crippen MR) is 85.3 cm³/mol. The largest absolute Gasteiger partial charge is 0.389 e. The number of carbonyl (C=O) groups excluding carboxylic acids is 1. The lowest BCUT2D eigenvalue weighted by Crippen LogP contribution is -2.48. The first-order valence-corrected chi connectivity index (χ1v) is 7.75. The normalized spacial score (nSPS) is 19.7. The number of hydrogen-bond acceptors (Lipinski definition) is 3. The fourth-order valence-corrected chi connectivity index (χ4v) is 3.02. The number of hydrogen-bond donors (Lipinski definition) is 2. The fourth-order valence-electron chi connectivity index (χ4n) is 3.02. The van der Waals surface area contributed by atoms with Gasteiger partial charge >= 0.3 is 0 Å². The molecule has 21 heavy (non-hydrogen) atoms. The van der Waals surface area contributed by atoms with Crippen LogP contribution < -0.4 is 5.32 Å². The number of aryl methyl sites for hydroxylation is 1. The summed E-state index contributed by atoms with van der Waals surface area (Å²) < 4.78 is 0. The van der Waals surface area contributed by atoms with Crippen molar-refractivity contribution in [2.75, 3.05) is 18.4 Å². The number of amides is 1. The van der Waals surface area contributed by atoms with Crippen LogP contribution in [0.2, 0.25) is 0 Å². The maximum atomic E-state index is 12.2. The average Bonchev–Trinajstić information content (AvgIpc) is 2.87. The molecule has 1 aliphatic rings. The highest BCUT2D eigenvalue weighted by Crippen LogP contribution is 2.26. The number of likely N-dealkylation sites (tertiary alicyclic amines) is 1. The molecule has 0 aromatic heterocycles. The zero-order valence-electron chi connectivity index (χ0n) is 13.2. The molecule has 4 heteroatoms. The van der Waals surface area contributed by atoms with Gasteiger partial charge in [-0.2, -0.15) is 0 Å². The first kappa shape index (κ1) is 16.0. The molecule has 2 rings (SSSR count). The van der Waals surface area contributed by atoms with E-state index in [1.54, 1.807) is 0 Å². The Labute approximate surface area is 127 Å². The molecule has 1 saturated heterocycles. The molecule has 1 atom stereocenters. The molecule has 0 radical (unpaired) electrons. The number of nitrogens with zero attached hydrogens (tertiary/aromatic N) is 1. The first-order chi connectivity index (χ1) is 9.90. The fraction of sp³-hybridized carbons (Fsp3) is 0.588. The molecule has 0 saturated carbocycles. The highest BCUT2D eigenvalue weighted by Gasteiger charge is 2.36. The Morgan fingerprint density at radius 2 is 2.05 bits per heavy atom. The van der Waals surface area contributed by atoms with Crippen LogP contribution in [0.5, 0.6) is 0 Å². The SMILES string of the molecule is CCc1ccc(NC(=O)CN2CCCC2C(C)(C)O)cc1. The lowest BCUT2D eigenvalue weighted by Gasteiger charge is -2.33. The molecule has 1 aliphatic heterocycles. The highest BCUT2D eigenvalue weighted by atomic mass is 16.3. The summed E-state index contributed by atoms with van der Waals surface area (Å²) in [6, 6.07) is 8.00. The van der Waals surface area contributed by atoms with Gasteiger partial charge in [-0.15, -0.1) is 0 Å². The second-order valence-corrected chi connectivity index (χ2v) is 6.38. The van der Waals surface area contributed by atoms with Crippen LogP contribution in [0.1, 0.15) is 39.2 Å². The monoisotopic (exact) mass is 290 g/mol. The van der Waals surface area contributed by atoms with E-state index in [2.05, 4.69) is 17.1 Å². The summed E-state index contributed by atoms with van der Waals surface area (Å²) in [6.45, 7) is 6.95. The van der Waals surface area contributed by atoms with Gasteiger partial charge in [-0.25, -0.2) is 0 Å². The molecule has 1 fully saturated rings. The maximum Gasteiger partial charge on any atom is 0.238 e. The quantitative estimate of drug-likeness (QED) is 0.875. The summed E-state index contributed by atoms with van der Waals surface area (Å²) in [6.07, 6.45) is 2.98. The van der Waals surface area contributed by atoms with Crippen molar-refractivity contribution in [3.8, 4) is 0 Å². The Balaban J connectivity index is 1.91. The highest BCUT2D eigenvalue weighted by molar-refractivity contribution is 5.92. The van der Waals surface area contributed by atoms with Gasteiger partial charge in [-0.3, -0.25) is 9.69 Å². The maximum absolute atomic E-state index is 12.2. The van der Waals surface area contributed by atoms with Gasteiger partial charge in [-0.1, -0.05) is 19.1 Å². The average molecular weight is 290 g/mol. The van der Waals surface area contributed by atoms with E-state index in [0.717, 1.165) is 31.5 Å². The van der Waals surface area contributed by atoms with E-state index in [4.69, 9.17) is 0 Å². The van der Waals surface area contributed by atoms with Gasteiger partial charge in [-0.05, 0) is 57.4 Å². The Morgan fingerprint density at radius 3 is 2.62 bits per heavy atom. The van der Waals surface area contributed by atoms with E-state index >= 15 is 0 Å². The third kappa shape index (κ3) is 4.29. The number of nitrogens with one attached hydrogen (secondary N) is 1. The van der Waals surface area contributed by atoms with Gasteiger partial charge in [0.2, 0.25) is 5.91 Å². The summed E-state index contributed by atoms with van der Waals surface area (Å²) in [5.74, 6) is -0.0181. The van der Waals surface area contributed by atoms with Crippen molar-refractivity contribution in [3.63, 3.8) is 0 Å². The smallest absolute Gasteiger partial charge is 0.238 e. The Bertz CT molecular complexity index is 477. The number of aliphatic hydroxyl groups is 1. The Hall–Kier alpha value is -1.39. The van der Waals surface area contributed by atoms with Crippen molar-refractivity contribution in [1.82, 2.24) is 4.90 Å². The second kappa shape index (κ2) is 6.58. The van der Waals surface area contributed by atoms with Crippen LogP contribution in [0.25, 0.3) is 0 Å². The van der Waals surface area contributed by atoms with Crippen LogP contribution in [-0.2, 0) is 11.2 Å². The molecular formula is C17H26N2O2. The van der Waals surface area contributed by atoms with Crippen LogP contribution in [0.3, 0.4) is 0 Å². The minimum absolute atomic E-state index is 0.0181. The molecule has 1 aromatic carbocycles. The van der Waals surface area contributed by atoms with Crippen LogP contribution in [0.4, 0.5) is 5.69 Å². The number of benzene rings is 1. The standard InChI is InChI=1S/C17H26N2O2/c1-4-13-7-9-14(10-8-13)18-16(20)12-19-11-5-6-15(19)17(2,3)21/h7-10,15,21H,4-6,11-12H2,1-3H3,(H,18,20). The minimum Gasteiger partial charge on any atom is -0.389 e.